The molecule has 0 bridgehead atoms. The molecule has 0 amide bonds. The number of fused-ring (bicyclic) bond motifs is 1. The van der Waals surface area contributed by atoms with Gasteiger partial charge in [0.15, 0.2) is 0 Å². The number of anilines is 2. The fraction of sp³-hybridized carbons (Fsp3) is 0.667. The van der Waals surface area contributed by atoms with E-state index in [9.17, 15) is 0 Å². The third kappa shape index (κ3) is 2.19. The zero-order valence-corrected chi connectivity index (χ0v) is 12.4. The topological polar surface area (TPSA) is 15.3 Å². The van der Waals surface area contributed by atoms with Crippen LogP contribution in [0.15, 0.2) is 18.2 Å². The van der Waals surface area contributed by atoms with Gasteiger partial charge in [0.1, 0.15) is 0 Å². The summed E-state index contributed by atoms with van der Waals surface area (Å²) in [7, 11) is 0. The highest BCUT2D eigenvalue weighted by Crippen LogP contribution is 2.39. The molecule has 4 rings (SSSR count). The van der Waals surface area contributed by atoms with Crippen LogP contribution in [-0.4, -0.2) is 19.1 Å². The highest BCUT2D eigenvalue weighted by molar-refractivity contribution is 5.64. The van der Waals surface area contributed by atoms with Crippen LogP contribution in [0.25, 0.3) is 0 Å². The minimum absolute atomic E-state index is 0.819. The summed E-state index contributed by atoms with van der Waals surface area (Å²) in [6.45, 7) is 2.41. The summed E-state index contributed by atoms with van der Waals surface area (Å²) < 4.78 is 0. The summed E-state index contributed by atoms with van der Waals surface area (Å²) in [6, 6.07) is 7.97. The molecule has 0 aromatic heterocycles. The first kappa shape index (κ1) is 12.6. The molecule has 108 valence electrons. The van der Waals surface area contributed by atoms with Gasteiger partial charge in [0, 0.05) is 30.5 Å². The maximum Gasteiger partial charge on any atom is 0.0393 e. The lowest BCUT2D eigenvalue weighted by molar-refractivity contribution is 0.431. The molecule has 0 spiro atoms. The van der Waals surface area contributed by atoms with Gasteiger partial charge < -0.3 is 10.2 Å². The summed E-state index contributed by atoms with van der Waals surface area (Å²) in [5.74, 6) is 0.960. The summed E-state index contributed by atoms with van der Waals surface area (Å²) in [5.41, 5.74) is 4.37. The summed E-state index contributed by atoms with van der Waals surface area (Å²) in [5, 5.41) is 3.58. The van der Waals surface area contributed by atoms with Crippen molar-refractivity contribution in [3.63, 3.8) is 0 Å². The first-order valence-corrected chi connectivity index (χ1v) is 8.55. The lowest BCUT2D eigenvalue weighted by Gasteiger charge is -2.32. The maximum absolute atomic E-state index is 3.58. The predicted molar refractivity (Wildman–Crippen MR) is 85.6 cm³/mol. The molecule has 2 heterocycles. The maximum atomic E-state index is 3.58. The molecule has 2 aliphatic heterocycles. The third-order valence-electron chi connectivity index (χ3n) is 5.61. The van der Waals surface area contributed by atoms with Gasteiger partial charge in [-0.3, -0.25) is 0 Å². The van der Waals surface area contributed by atoms with Crippen molar-refractivity contribution in [2.75, 3.05) is 23.3 Å². The first-order chi connectivity index (χ1) is 9.92. The van der Waals surface area contributed by atoms with Crippen molar-refractivity contribution >= 4 is 11.4 Å². The highest BCUT2D eigenvalue weighted by atomic mass is 15.2. The van der Waals surface area contributed by atoms with Gasteiger partial charge in [0.05, 0.1) is 0 Å². The van der Waals surface area contributed by atoms with Gasteiger partial charge in [-0.15, -0.1) is 0 Å². The van der Waals surface area contributed by atoms with Crippen molar-refractivity contribution < 1.29 is 0 Å². The van der Waals surface area contributed by atoms with Gasteiger partial charge in [-0.1, -0.05) is 18.9 Å². The second-order valence-corrected chi connectivity index (χ2v) is 6.82. The second kappa shape index (κ2) is 5.31. The molecule has 0 radical (unpaired) electrons. The third-order valence-corrected chi connectivity index (χ3v) is 5.61. The first-order valence-electron chi connectivity index (χ1n) is 8.55. The van der Waals surface area contributed by atoms with E-state index in [0.717, 1.165) is 18.5 Å². The Labute approximate surface area is 122 Å². The summed E-state index contributed by atoms with van der Waals surface area (Å²) in [4.78, 5) is 2.71. The largest absolute Gasteiger partial charge is 0.385 e. The quantitative estimate of drug-likeness (QED) is 0.866. The number of hydrogen-bond donors (Lipinski definition) is 1. The van der Waals surface area contributed by atoms with Crippen LogP contribution in [0.4, 0.5) is 11.4 Å². The Morgan fingerprint density at radius 1 is 1.00 bits per heavy atom. The van der Waals surface area contributed by atoms with Gasteiger partial charge in [-0.05, 0) is 62.1 Å². The van der Waals surface area contributed by atoms with Gasteiger partial charge in [0.2, 0.25) is 0 Å². The fourth-order valence-corrected chi connectivity index (χ4v) is 4.57. The highest BCUT2D eigenvalue weighted by Gasteiger charge is 2.33. The van der Waals surface area contributed by atoms with E-state index >= 15 is 0 Å². The Hall–Kier alpha value is -1.18. The standard InChI is InChI=1S/C18H26N2/c1-2-6-15(5-1)18-8-4-12-20(18)16-10-9-14-7-3-11-19-17(14)13-16/h9-10,13,15,18-19H,1-8,11-12H2. The van der Waals surface area contributed by atoms with Gasteiger partial charge in [-0.2, -0.15) is 0 Å². The van der Waals surface area contributed by atoms with E-state index in [4.69, 9.17) is 0 Å². The number of nitrogens with one attached hydrogen (secondary N) is 1. The van der Waals surface area contributed by atoms with Crippen molar-refractivity contribution in [1.29, 1.82) is 0 Å². The SMILES string of the molecule is c1cc2c(cc1N1CCCC1C1CCCC1)NCCC2. The van der Waals surface area contributed by atoms with Gasteiger partial charge in [-0.25, -0.2) is 0 Å². The number of rotatable bonds is 2. The molecular weight excluding hydrogens is 244 g/mol. The number of hydrogen-bond acceptors (Lipinski definition) is 2. The smallest absolute Gasteiger partial charge is 0.0393 e. The van der Waals surface area contributed by atoms with Crippen LogP contribution >= 0.6 is 0 Å². The Balaban J connectivity index is 1.59. The van der Waals surface area contributed by atoms with Crippen LogP contribution in [0, 0.1) is 5.92 Å². The lowest BCUT2D eigenvalue weighted by Crippen LogP contribution is -2.34. The average molecular weight is 270 g/mol. The molecule has 1 atom stereocenters. The number of aryl methyl sites for hydroxylation is 1. The molecule has 20 heavy (non-hydrogen) atoms. The Morgan fingerprint density at radius 3 is 2.80 bits per heavy atom. The molecular formula is C18H26N2. The normalized spacial score (nSPS) is 26.6. The van der Waals surface area contributed by atoms with E-state index < -0.39 is 0 Å². The van der Waals surface area contributed by atoms with Crippen LogP contribution in [0.2, 0.25) is 0 Å². The molecule has 1 unspecified atom stereocenters. The molecule has 2 fully saturated rings. The number of nitrogens with zero attached hydrogens (tertiary/aromatic N) is 1. The zero-order chi connectivity index (χ0) is 13.4. The Kier molecular flexibility index (Phi) is 3.33. The minimum Gasteiger partial charge on any atom is -0.385 e. The van der Waals surface area contributed by atoms with E-state index in [1.54, 1.807) is 0 Å². The second-order valence-electron chi connectivity index (χ2n) is 6.82. The van der Waals surface area contributed by atoms with Crippen molar-refractivity contribution in [1.82, 2.24) is 0 Å². The van der Waals surface area contributed by atoms with Crippen molar-refractivity contribution in [3.8, 4) is 0 Å². The van der Waals surface area contributed by atoms with E-state index in [1.165, 1.54) is 74.8 Å². The Morgan fingerprint density at radius 2 is 1.90 bits per heavy atom. The molecule has 1 aliphatic carbocycles. The van der Waals surface area contributed by atoms with Crippen molar-refractivity contribution in [2.24, 2.45) is 5.92 Å². The minimum atomic E-state index is 0.819. The monoisotopic (exact) mass is 270 g/mol. The van der Waals surface area contributed by atoms with E-state index in [2.05, 4.69) is 28.4 Å². The van der Waals surface area contributed by atoms with E-state index in [1.807, 2.05) is 0 Å². The van der Waals surface area contributed by atoms with Gasteiger partial charge >= 0.3 is 0 Å². The van der Waals surface area contributed by atoms with Gasteiger partial charge in [0.25, 0.3) is 0 Å². The number of benzene rings is 1. The zero-order valence-electron chi connectivity index (χ0n) is 12.4. The molecule has 3 aliphatic rings. The molecule has 1 N–H and O–H groups in total. The summed E-state index contributed by atoms with van der Waals surface area (Å²) >= 11 is 0. The van der Waals surface area contributed by atoms with Crippen molar-refractivity contribution in [2.45, 2.75) is 57.4 Å². The average Bonchev–Trinajstić information content (AvgIpc) is 3.17. The van der Waals surface area contributed by atoms with Crippen LogP contribution in [0.1, 0.15) is 50.5 Å². The lowest BCUT2D eigenvalue weighted by atomic mass is 9.95. The fourth-order valence-electron chi connectivity index (χ4n) is 4.57. The predicted octanol–water partition coefficient (Wildman–Crippen LogP) is 4.20. The Bertz CT molecular complexity index is 476. The molecule has 1 saturated carbocycles. The summed E-state index contributed by atoms with van der Waals surface area (Å²) in [6.07, 6.45) is 11.2. The molecule has 1 aromatic rings. The molecule has 1 aromatic carbocycles. The molecule has 2 nitrogen and oxygen atoms in total. The van der Waals surface area contributed by atoms with Crippen molar-refractivity contribution in [3.05, 3.63) is 23.8 Å². The van der Waals surface area contributed by atoms with E-state index in [0.29, 0.717) is 0 Å². The van der Waals surface area contributed by atoms with Crippen LogP contribution in [0.3, 0.4) is 0 Å². The van der Waals surface area contributed by atoms with Crippen LogP contribution in [0.5, 0.6) is 0 Å². The molecule has 1 saturated heterocycles. The van der Waals surface area contributed by atoms with Crippen LogP contribution < -0.4 is 10.2 Å². The van der Waals surface area contributed by atoms with E-state index in [-0.39, 0.29) is 0 Å². The molecule has 2 heteroatoms. The van der Waals surface area contributed by atoms with Crippen LogP contribution in [-0.2, 0) is 6.42 Å².